The predicted molar refractivity (Wildman–Crippen MR) is 76.4 cm³/mol. The Balaban J connectivity index is 2.50. The van der Waals surface area contributed by atoms with Gasteiger partial charge in [0.1, 0.15) is 5.60 Å². The summed E-state index contributed by atoms with van der Waals surface area (Å²) >= 11 is 0. The normalized spacial score (nSPS) is 12.8. The van der Waals surface area contributed by atoms with Gasteiger partial charge in [-0.25, -0.2) is 0 Å². The minimum atomic E-state index is -0.474. The lowest BCUT2D eigenvalue weighted by atomic mass is 10.0. The quantitative estimate of drug-likeness (QED) is 0.470. The highest BCUT2D eigenvalue weighted by Crippen LogP contribution is 2.17. The van der Waals surface area contributed by atoms with Gasteiger partial charge in [-0.2, -0.15) is 0 Å². The molecule has 0 bridgehead atoms. The van der Waals surface area contributed by atoms with Crippen LogP contribution in [0.15, 0.2) is 24.3 Å². The van der Waals surface area contributed by atoms with Gasteiger partial charge in [0.05, 0.1) is 10.8 Å². The number of rotatable bonds is 5. The summed E-state index contributed by atoms with van der Waals surface area (Å²) in [5.41, 5.74) is 0.582. The summed E-state index contributed by atoms with van der Waals surface area (Å²) in [4.78, 5) is 21.9. The van der Waals surface area contributed by atoms with Gasteiger partial charge in [0.25, 0.3) is 5.69 Å². The second-order valence-corrected chi connectivity index (χ2v) is 5.90. The van der Waals surface area contributed by atoms with Crippen molar-refractivity contribution in [1.29, 1.82) is 0 Å². The number of esters is 1. The molecular formula is C15H21NO4. The highest BCUT2D eigenvalue weighted by molar-refractivity contribution is 5.72. The van der Waals surface area contributed by atoms with E-state index >= 15 is 0 Å². The summed E-state index contributed by atoms with van der Waals surface area (Å²) in [6, 6.07) is 6.40. The van der Waals surface area contributed by atoms with E-state index in [0.29, 0.717) is 12.8 Å². The molecule has 1 aromatic rings. The van der Waals surface area contributed by atoms with Crippen molar-refractivity contribution in [1.82, 2.24) is 0 Å². The monoisotopic (exact) mass is 279 g/mol. The molecule has 5 heteroatoms. The Bertz CT molecular complexity index is 474. The van der Waals surface area contributed by atoms with Gasteiger partial charge >= 0.3 is 5.97 Å². The number of hydrogen-bond acceptors (Lipinski definition) is 4. The first-order valence-electron chi connectivity index (χ1n) is 6.65. The molecule has 1 aromatic carbocycles. The summed E-state index contributed by atoms with van der Waals surface area (Å²) < 4.78 is 5.31. The lowest BCUT2D eigenvalue weighted by Gasteiger charge is -2.22. The average Bonchev–Trinajstić information content (AvgIpc) is 2.34. The van der Waals surface area contributed by atoms with Crippen molar-refractivity contribution in [2.75, 3.05) is 0 Å². The van der Waals surface area contributed by atoms with Crippen molar-refractivity contribution < 1.29 is 14.5 Å². The third-order valence-electron chi connectivity index (χ3n) is 2.82. The number of aryl methyl sites for hydroxylation is 1. The molecule has 0 aliphatic rings. The first kappa shape index (κ1) is 16.1. The van der Waals surface area contributed by atoms with Crippen LogP contribution in [0.4, 0.5) is 5.69 Å². The predicted octanol–water partition coefficient (Wildman–Crippen LogP) is 3.51. The van der Waals surface area contributed by atoms with Crippen molar-refractivity contribution in [2.24, 2.45) is 5.92 Å². The van der Waals surface area contributed by atoms with E-state index in [4.69, 9.17) is 4.74 Å². The maximum atomic E-state index is 11.8. The van der Waals surface area contributed by atoms with Crippen molar-refractivity contribution in [3.05, 3.63) is 39.9 Å². The van der Waals surface area contributed by atoms with Crippen LogP contribution in [0.3, 0.4) is 0 Å². The van der Waals surface area contributed by atoms with Crippen LogP contribution in [0.2, 0.25) is 0 Å². The number of benzene rings is 1. The van der Waals surface area contributed by atoms with Gasteiger partial charge in [0.2, 0.25) is 0 Å². The number of carbonyl (C=O) groups excluding carboxylic acids is 1. The zero-order valence-electron chi connectivity index (χ0n) is 12.4. The number of non-ortho nitro benzene ring substituents is 1. The van der Waals surface area contributed by atoms with E-state index in [9.17, 15) is 14.9 Å². The van der Waals surface area contributed by atoms with Gasteiger partial charge in [0.15, 0.2) is 0 Å². The van der Waals surface area contributed by atoms with Crippen LogP contribution in [-0.4, -0.2) is 16.5 Å². The average molecular weight is 279 g/mol. The van der Waals surface area contributed by atoms with Crippen LogP contribution in [-0.2, 0) is 16.0 Å². The van der Waals surface area contributed by atoms with E-state index in [1.54, 1.807) is 12.1 Å². The van der Waals surface area contributed by atoms with E-state index in [2.05, 4.69) is 0 Å². The van der Waals surface area contributed by atoms with Crippen molar-refractivity contribution in [3.8, 4) is 0 Å². The number of carbonyl (C=O) groups is 1. The third-order valence-corrected chi connectivity index (χ3v) is 2.82. The number of nitrogens with zero attached hydrogens (tertiary/aromatic N) is 1. The highest BCUT2D eigenvalue weighted by Gasteiger charge is 2.21. The SMILES string of the molecule is CC(CCc1ccc([N+](=O)[O-])cc1)C(=O)OC(C)(C)C. The molecule has 1 rings (SSSR count). The van der Waals surface area contributed by atoms with Gasteiger partial charge < -0.3 is 4.74 Å². The van der Waals surface area contributed by atoms with E-state index < -0.39 is 10.5 Å². The van der Waals surface area contributed by atoms with Gasteiger partial charge in [-0.15, -0.1) is 0 Å². The van der Waals surface area contributed by atoms with Gasteiger partial charge in [0, 0.05) is 12.1 Å². The Morgan fingerprint density at radius 3 is 2.30 bits per heavy atom. The lowest BCUT2D eigenvalue weighted by Crippen LogP contribution is -2.27. The molecule has 0 fully saturated rings. The largest absolute Gasteiger partial charge is 0.460 e. The van der Waals surface area contributed by atoms with Crippen LogP contribution in [0.5, 0.6) is 0 Å². The van der Waals surface area contributed by atoms with E-state index in [-0.39, 0.29) is 17.6 Å². The second-order valence-electron chi connectivity index (χ2n) is 5.90. The molecule has 1 atom stereocenters. The van der Waals surface area contributed by atoms with Gasteiger partial charge in [-0.3, -0.25) is 14.9 Å². The van der Waals surface area contributed by atoms with E-state index in [1.165, 1.54) is 12.1 Å². The fraction of sp³-hybridized carbons (Fsp3) is 0.533. The minimum Gasteiger partial charge on any atom is -0.460 e. The van der Waals surface area contributed by atoms with E-state index in [0.717, 1.165) is 5.56 Å². The summed E-state index contributed by atoms with van der Waals surface area (Å²) in [5, 5.41) is 10.5. The van der Waals surface area contributed by atoms with Crippen LogP contribution in [0.25, 0.3) is 0 Å². The Kier molecular flexibility index (Phi) is 5.25. The zero-order valence-corrected chi connectivity index (χ0v) is 12.4. The number of ether oxygens (including phenoxy) is 1. The fourth-order valence-electron chi connectivity index (χ4n) is 1.69. The first-order chi connectivity index (χ1) is 9.19. The summed E-state index contributed by atoms with van der Waals surface area (Å²) in [6.07, 6.45) is 1.35. The first-order valence-corrected chi connectivity index (χ1v) is 6.65. The summed E-state index contributed by atoms with van der Waals surface area (Å²) in [5.74, 6) is -0.399. The van der Waals surface area contributed by atoms with Gasteiger partial charge in [-0.1, -0.05) is 19.1 Å². The lowest BCUT2D eigenvalue weighted by molar-refractivity contribution is -0.384. The molecule has 1 unspecified atom stereocenters. The molecule has 0 aliphatic heterocycles. The maximum Gasteiger partial charge on any atom is 0.309 e. The van der Waals surface area contributed by atoms with Crippen LogP contribution < -0.4 is 0 Å². The molecule has 0 heterocycles. The standard InChI is InChI=1S/C15H21NO4/c1-11(14(17)20-15(2,3)4)5-6-12-7-9-13(10-8-12)16(18)19/h7-11H,5-6H2,1-4H3. The maximum absolute atomic E-state index is 11.8. The van der Waals surface area contributed by atoms with Crippen LogP contribution in [0, 0.1) is 16.0 Å². The molecule has 0 N–H and O–H groups in total. The molecule has 5 nitrogen and oxygen atoms in total. The smallest absolute Gasteiger partial charge is 0.309 e. The molecule has 0 spiro atoms. The van der Waals surface area contributed by atoms with E-state index in [1.807, 2.05) is 27.7 Å². The molecule has 0 aliphatic carbocycles. The Morgan fingerprint density at radius 1 is 1.30 bits per heavy atom. The van der Waals surface area contributed by atoms with Crippen molar-refractivity contribution >= 4 is 11.7 Å². The minimum absolute atomic E-state index is 0.0777. The molecule has 110 valence electrons. The molecule has 0 saturated heterocycles. The molecule has 0 radical (unpaired) electrons. The third kappa shape index (κ3) is 5.38. The molecule has 20 heavy (non-hydrogen) atoms. The molecule has 0 saturated carbocycles. The Labute approximate surface area is 119 Å². The van der Waals surface area contributed by atoms with Gasteiger partial charge in [-0.05, 0) is 39.2 Å². The Hall–Kier alpha value is -1.91. The Morgan fingerprint density at radius 2 is 1.85 bits per heavy atom. The van der Waals surface area contributed by atoms with Crippen LogP contribution in [0.1, 0.15) is 39.7 Å². The number of nitro benzene ring substituents is 1. The van der Waals surface area contributed by atoms with Crippen molar-refractivity contribution in [2.45, 2.75) is 46.1 Å². The highest BCUT2D eigenvalue weighted by atomic mass is 16.6. The fourth-order valence-corrected chi connectivity index (χ4v) is 1.69. The zero-order chi connectivity index (χ0) is 15.3. The second kappa shape index (κ2) is 6.50. The van der Waals surface area contributed by atoms with Crippen molar-refractivity contribution in [3.63, 3.8) is 0 Å². The van der Waals surface area contributed by atoms with Crippen LogP contribution >= 0.6 is 0 Å². The summed E-state index contributed by atoms with van der Waals surface area (Å²) in [7, 11) is 0. The molecule has 0 aromatic heterocycles. The molecular weight excluding hydrogens is 258 g/mol. The number of hydrogen-bond donors (Lipinski definition) is 0. The topological polar surface area (TPSA) is 69.4 Å². The molecule has 0 amide bonds. The number of nitro groups is 1. The summed E-state index contributed by atoms with van der Waals surface area (Å²) in [6.45, 7) is 7.36.